The largest absolute Gasteiger partial charge is 0.399 e. The number of nitrogens with zero attached hydrogens (tertiary/aromatic N) is 1. The fraction of sp³-hybridized carbons (Fsp3) is 0.250. The summed E-state index contributed by atoms with van der Waals surface area (Å²) in [5, 5.41) is 8.36. The number of imidazole rings is 1. The Balaban J connectivity index is 2.40. The second-order valence-corrected chi connectivity index (χ2v) is 6.11. The number of anilines is 2. The molecule has 8 heteroatoms. The fourth-order valence-corrected chi connectivity index (χ4v) is 2.81. The van der Waals surface area contributed by atoms with Gasteiger partial charge < -0.3 is 16.0 Å². The van der Waals surface area contributed by atoms with Gasteiger partial charge in [-0.2, -0.15) is 0 Å². The lowest BCUT2D eigenvalue weighted by Gasteiger charge is -2.17. The van der Waals surface area contributed by atoms with Gasteiger partial charge >= 0.3 is 0 Å². The Morgan fingerprint density at radius 2 is 2.10 bits per heavy atom. The number of hydrogen-bond donors (Lipinski definition) is 4. The van der Waals surface area contributed by atoms with E-state index in [4.69, 9.17) is 10.9 Å². The monoisotopic (exact) mass is 295 g/mol. The first-order chi connectivity index (χ1) is 9.29. The smallest absolute Gasteiger partial charge is 0.238 e. The van der Waals surface area contributed by atoms with Gasteiger partial charge in [0.1, 0.15) is 5.82 Å². The minimum atomic E-state index is -3.81. The molecule has 0 saturated heterocycles. The summed E-state index contributed by atoms with van der Waals surface area (Å²) in [6.07, 6.45) is 3.37. The van der Waals surface area contributed by atoms with Crippen LogP contribution in [0.3, 0.4) is 0 Å². The number of sulfonamides is 1. The molecule has 2 rings (SSSR count). The van der Waals surface area contributed by atoms with Crippen molar-refractivity contribution in [1.82, 2.24) is 9.97 Å². The predicted molar refractivity (Wildman–Crippen MR) is 77.6 cm³/mol. The van der Waals surface area contributed by atoms with Gasteiger partial charge in [0.2, 0.25) is 10.0 Å². The highest BCUT2D eigenvalue weighted by Crippen LogP contribution is 2.28. The lowest BCUT2D eigenvalue weighted by atomic mass is 10.1. The SMILES string of the molecule is Cc1c(NC(C)c2ncc[nH]2)cc(N)cc1S(N)(=O)=O. The van der Waals surface area contributed by atoms with E-state index in [0.717, 1.165) is 5.82 Å². The zero-order valence-corrected chi connectivity index (χ0v) is 12.0. The van der Waals surface area contributed by atoms with Crippen LogP contribution < -0.4 is 16.2 Å². The van der Waals surface area contributed by atoms with E-state index in [9.17, 15) is 8.42 Å². The summed E-state index contributed by atoms with van der Waals surface area (Å²) in [7, 11) is -3.81. The van der Waals surface area contributed by atoms with E-state index in [0.29, 0.717) is 16.9 Å². The summed E-state index contributed by atoms with van der Waals surface area (Å²) >= 11 is 0. The molecule has 1 heterocycles. The Kier molecular flexibility index (Phi) is 3.69. The van der Waals surface area contributed by atoms with Crippen LogP contribution in [0, 0.1) is 6.92 Å². The van der Waals surface area contributed by atoms with Crippen molar-refractivity contribution in [1.29, 1.82) is 0 Å². The van der Waals surface area contributed by atoms with Gasteiger partial charge in [-0.1, -0.05) is 0 Å². The van der Waals surface area contributed by atoms with E-state index in [1.54, 1.807) is 25.4 Å². The molecule has 2 aromatic rings. The highest BCUT2D eigenvalue weighted by molar-refractivity contribution is 7.89. The van der Waals surface area contributed by atoms with E-state index in [1.165, 1.54) is 6.07 Å². The molecule has 0 fully saturated rings. The van der Waals surface area contributed by atoms with Crippen molar-refractivity contribution in [3.8, 4) is 0 Å². The molecule has 6 N–H and O–H groups in total. The van der Waals surface area contributed by atoms with E-state index < -0.39 is 10.0 Å². The number of primary sulfonamides is 1. The standard InChI is InChI=1S/C12H17N5O2S/c1-7-10(17-8(2)12-15-3-4-16-12)5-9(13)6-11(7)20(14,18)19/h3-6,8,17H,13H2,1-2H3,(H,15,16)(H2,14,18,19). The molecule has 1 aromatic carbocycles. The average Bonchev–Trinajstić information content (AvgIpc) is 2.85. The van der Waals surface area contributed by atoms with Gasteiger partial charge in [-0.3, -0.25) is 0 Å². The van der Waals surface area contributed by atoms with E-state index >= 15 is 0 Å². The molecule has 1 unspecified atom stereocenters. The molecular weight excluding hydrogens is 278 g/mol. The number of nitrogens with one attached hydrogen (secondary N) is 2. The number of rotatable bonds is 4. The molecule has 0 aliphatic carbocycles. The summed E-state index contributed by atoms with van der Waals surface area (Å²) in [4.78, 5) is 7.15. The first kappa shape index (κ1) is 14.4. The molecular formula is C12H17N5O2S. The van der Waals surface area contributed by atoms with Crippen LogP contribution in [0.15, 0.2) is 29.4 Å². The van der Waals surface area contributed by atoms with Crippen molar-refractivity contribution in [2.75, 3.05) is 11.1 Å². The number of aromatic nitrogens is 2. The van der Waals surface area contributed by atoms with Gasteiger partial charge in [-0.05, 0) is 31.5 Å². The number of H-pyrrole nitrogens is 1. The Morgan fingerprint density at radius 3 is 2.65 bits per heavy atom. The van der Waals surface area contributed by atoms with Crippen LogP contribution >= 0.6 is 0 Å². The van der Waals surface area contributed by atoms with Crippen molar-refractivity contribution < 1.29 is 8.42 Å². The molecule has 20 heavy (non-hydrogen) atoms. The minimum absolute atomic E-state index is 0.0200. The first-order valence-corrected chi connectivity index (χ1v) is 7.52. The molecule has 0 spiro atoms. The molecule has 0 amide bonds. The second-order valence-electron chi connectivity index (χ2n) is 4.58. The van der Waals surface area contributed by atoms with Gasteiger partial charge in [0, 0.05) is 23.8 Å². The third kappa shape index (κ3) is 2.91. The topological polar surface area (TPSA) is 127 Å². The van der Waals surface area contributed by atoms with Crippen molar-refractivity contribution >= 4 is 21.4 Å². The van der Waals surface area contributed by atoms with Crippen LogP contribution in [-0.2, 0) is 10.0 Å². The van der Waals surface area contributed by atoms with Crippen LogP contribution in [0.2, 0.25) is 0 Å². The first-order valence-electron chi connectivity index (χ1n) is 5.98. The zero-order chi connectivity index (χ0) is 14.9. The van der Waals surface area contributed by atoms with Crippen molar-refractivity contribution in [3.05, 3.63) is 35.9 Å². The molecule has 108 valence electrons. The molecule has 0 bridgehead atoms. The summed E-state index contributed by atoms with van der Waals surface area (Å²) in [5.74, 6) is 0.740. The average molecular weight is 295 g/mol. The third-order valence-corrected chi connectivity index (χ3v) is 4.03. The summed E-state index contributed by atoms with van der Waals surface area (Å²) in [5.41, 5.74) is 7.20. The Labute approximate surface area is 117 Å². The van der Waals surface area contributed by atoms with Gasteiger partial charge in [0.15, 0.2) is 0 Å². The van der Waals surface area contributed by atoms with E-state index in [1.807, 2.05) is 6.92 Å². The van der Waals surface area contributed by atoms with Crippen LogP contribution in [0.25, 0.3) is 0 Å². The van der Waals surface area contributed by atoms with Gasteiger partial charge in [0.05, 0.1) is 10.9 Å². The maximum Gasteiger partial charge on any atom is 0.238 e. The highest BCUT2D eigenvalue weighted by atomic mass is 32.2. The van der Waals surface area contributed by atoms with Gasteiger partial charge in [-0.15, -0.1) is 0 Å². The summed E-state index contributed by atoms with van der Waals surface area (Å²) in [6.45, 7) is 3.58. The predicted octanol–water partition coefficient (Wildman–Crippen LogP) is 1.12. The highest BCUT2D eigenvalue weighted by Gasteiger charge is 2.17. The molecule has 0 saturated carbocycles. The lowest BCUT2D eigenvalue weighted by molar-refractivity contribution is 0.597. The van der Waals surface area contributed by atoms with E-state index in [-0.39, 0.29) is 10.9 Å². The summed E-state index contributed by atoms with van der Waals surface area (Å²) in [6, 6.07) is 2.90. The van der Waals surface area contributed by atoms with Crippen LogP contribution in [0.4, 0.5) is 11.4 Å². The van der Waals surface area contributed by atoms with Gasteiger partial charge in [-0.25, -0.2) is 18.5 Å². The maximum absolute atomic E-state index is 11.5. The number of hydrogen-bond acceptors (Lipinski definition) is 5. The molecule has 7 nitrogen and oxygen atoms in total. The van der Waals surface area contributed by atoms with E-state index in [2.05, 4.69) is 15.3 Å². The normalized spacial score (nSPS) is 13.2. The maximum atomic E-state index is 11.5. The molecule has 1 aromatic heterocycles. The van der Waals surface area contributed by atoms with Crippen LogP contribution in [0.1, 0.15) is 24.4 Å². The molecule has 1 atom stereocenters. The van der Waals surface area contributed by atoms with Gasteiger partial charge in [0.25, 0.3) is 0 Å². The van der Waals surface area contributed by atoms with Crippen LogP contribution in [0.5, 0.6) is 0 Å². The Bertz CT molecular complexity index is 710. The molecule has 0 aliphatic rings. The van der Waals surface area contributed by atoms with Crippen molar-refractivity contribution in [2.45, 2.75) is 24.8 Å². The lowest BCUT2D eigenvalue weighted by Crippen LogP contribution is -2.16. The Morgan fingerprint density at radius 1 is 1.40 bits per heavy atom. The summed E-state index contributed by atoms with van der Waals surface area (Å²) < 4.78 is 23.1. The number of nitrogen functional groups attached to an aromatic ring is 1. The zero-order valence-electron chi connectivity index (χ0n) is 11.2. The van der Waals surface area contributed by atoms with Crippen molar-refractivity contribution in [3.63, 3.8) is 0 Å². The van der Waals surface area contributed by atoms with Crippen LogP contribution in [-0.4, -0.2) is 18.4 Å². The quantitative estimate of drug-likeness (QED) is 0.629. The fourth-order valence-electron chi connectivity index (χ4n) is 1.97. The van der Waals surface area contributed by atoms with Crippen molar-refractivity contribution in [2.24, 2.45) is 5.14 Å². The number of aromatic amines is 1. The third-order valence-electron chi connectivity index (χ3n) is 2.99. The Hall–Kier alpha value is -2.06. The number of nitrogens with two attached hydrogens (primary N) is 2. The minimum Gasteiger partial charge on any atom is -0.399 e. The molecule has 0 aliphatic heterocycles. The second kappa shape index (κ2) is 5.14. The number of benzene rings is 1. The molecule has 0 radical (unpaired) electrons.